The summed E-state index contributed by atoms with van der Waals surface area (Å²) in [5.74, 6) is -1.23. The zero-order valence-corrected chi connectivity index (χ0v) is 8.82. The highest BCUT2D eigenvalue weighted by atomic mass is 16.4. The zero-order valence-electron chi connectivity index (χ0n) is 8.82. The van der Waals surface area contributed by atoms with Gasteiger partial charge in [0.05, 0.1) is 6.54 Å². The van der Waals surface area contributed by atoms with Gasteiger partial charge in [0.1, 0.15) is 0 Å². The number of nitrogens with one attached hydrogen (secondary N) is 1. The van der Waals surface area contributed by atoms with Crippen molar-refractivity contribution in [3.63, 3.8) is 0 Å². The molecule has 1 aromatic rings. The number of hydrogen-bond donors (Lipinski definition) is 3. The number of carboxylic acids is 1. The predicted octanol–water partition coefficient (Wildman–Crippen LogP) is 1.24. The summed E-state index contributed by atoms with van der Waals surface area (Å²) in [6, 6.07) is 7.51. The van der Waals surface area contributed by atoms with Crippen LogP contribution < -0.4 is 5.32 Å². The molecule has 0 bridgehead atoms. The standard InChI is InChI=1S/C11H15NO3/c1-8-5-3-4-6-9(8)12-7-11(2,15)10(13)14/h3-6,12,15H,7H2,1-2H3,(H,13,14). The van der Waals surface area contributed by atoms with Gasteiger partial charge in [-0.3, -0.25) is 0 Å². The Morgan fingerprint density at radius 3 is 2.60 bits per heavy atom. The van der Waals surface area contributed by atoms with Gasteiger partial charge in [-0.1, -0.05) is 18.2 Å². The van der Waals surface area contributed by atoms with E-state index in [9.17, 15) is 9.90 Å². The van der Waals surface area contributed by atoms with Gasteiger partial charge in [-0.2, -0.15) is 0 Å². The lowest BCUT2D eigenvalue weighted by molar-refractivity contribution is -0.155. The Morgan fingerprint density at radius 2 is 2.07 bits per heavy atom. The minimum absolute atomic E-state index is 0.0206. The quantitative estimate of drug-likeness (QED) is 0.698. The molecule has 0 fully saturated rings. The number of aliphatic carboxylic acids is 1. The number of hydrogen-bond acceptors (Lipinski definition) is 3. The normalized spacial score (nSPS) is 14.3. The number of benzene rings is 1. The Balaban J connectivity index is 2.66. The van der Waals surface area contributed by atoms with Crippen molar-refractivity contribution >= 4 is 11.7 Å². The Labute approximate surface area is 88.6 Å². The SMILES string of the molecule is Cc1ccccc1NCC(C)(O)C(=O)O. The molecule has 3 N–H and O–H groups in total. The molecule has 4 heteroatoms. The number of para-hydroxylation sites is 1. The van der Waals surface area contributed by atoms with Crippen LogP contribution in [0.25, 0.3) is 0 Å². The van der Waals surface area contributed by atoms with Crippen molar-refractivity contribution < 1.29 is 15.0 Å². The molecular weight excluding hydrogens is 194 g/mol. The van der Waals surface area contributed by atoms with E-state index in [1.165, 1.54) is 6.92 Å². The van der Waals surface area contributed by atoms with Crippen LogP contribution in [0.1, 0.15) is 12.5 Å². The smallest absolute Gasteiger partial charge is 0.337 e. The van der Waals surface area contributed by atoms with Gasteiger partial charge in [0.2, 0.25) is 0 Å². The van der Waals surface area contributed by atoms with Crippen LogP contribution in [0.5, 0.6) is 0 Å². The van der Waals surface area contributed by atoms with Crippen molar-refractivity contribution in [2.24, 2.45) is 0 Å². The average Bonchev–Trinajstić information content (AvgIpc) is 2.16. The lowest BCUT2D eigenvalue weighted by atomic mass is 10.1. The first-order chi connectivity index (χ1) is 6.93. The summed E-state index contributed by atoms with van der Waals surface area (Å²) in [7, 11) is 0. The van der Waals surface area contributed by atoms with E-state index in [0.29, 0.717) is 0 Å². The van der Waals surface area contributed by atoms with Crippen LogP contribution in [0.4, 0.5) is 5.69 Å². The number of anilines is 1. The van der Waals surface area contributed by atoms with Crippen LogP contribution in [0.2, 0.25) is 0 Å². The van der Waals surface area contributed by atoms with Crippen LogP contribution >= 0.6 is 0 Å². The van der Waals surface area contributed by atoms with Gasteiger partial charge in [-0.25, -0.2) is 4.79 Å². The summed E-state index contributed by atoms with van der Waals surface area (Å²) in [5.41, 5.74) is 0.0974. The molecule has 1 aromatic carbocycles. The van der Waals surface area contributed by atoms with E-state index in [2.05, 4.69) is 5.32 Å². The van der Waals surface area contributed by atoms with Crippen molar-refractivity contribution in [3.8, 4) is 0 Å². The molecule has 0 spiro atoms. The van der Waals surface area contributed by atoms with E-state index in [1.807, 2.05) is 31.2 Å². The van der Waals surface area contributed by atoms with Gasteiger partial charge in [0.25, 0.3) is 0 Å². The molecule has 1 unspecified atom stereocenters. The monoisotopic (exact) mass is 209 g/mol. The summed E-state index contributed by atoms with van der Waals surface area (Å²) < 4.78 is 0. The van der Waals surface area contributed by atoms with Gasteiger partial charge in [-0.05, 0) is 25.5 Å². The third-order valence-electron chi connectivity index (χ3n) is 2.23. The third-order valence-corrected chi connectivity index (χ3v) is 2.23. The molecule has 1 atom stereocenters. The number of carbonyl (C=O) groups is 1. The minimum Gasteiger partial charge on any atom is -0.479 e. The number of rotatable bonds is 4. The number of aryl methyl sites for hydroxylation is 1. The van der Waals surface area contributed by atoms with E-state index < -0.39 is 11.6 Å². The summed E-state index contributed by atoms with van der Waals surface area (Å²) in [6.45, 7) is 3.16. The Morgan fingerprint density at radius 1 is 1.47 bits per heavy atom. The maximum Gasteiger partial charge on any atom is 0.337 e. The highest BCUT2D eigenvalue weighted by molar-refractivity contribution is 5.77. The van der Waals surface area contributed by atoms with Crippen molar-refractivity contribution in [2.45, 2.75) is 19.4 Å². The molecule has 0 aromatic heterocycles. The van der Waals surface area contributed by atoms with Gasteiger partial charge >= 0.3 is 5.97 Å². The predicted molar refractivity (Wildman–Crippen MR) is 57.9 cm³/mol. The Kier molecular flexibility index (Phi) is 3.31. The lowest BCUT2D eigenvalue weighted by Gasteiger charge is -2.19. The largest absolute Gasteiger partial charge is 0.479 e. The molecule has 4 nitrogen and oxygen atoms in total. The molecule has 0 radical (unpaired) electrons. The van der Waals surface area contributed by atoms with Crippen LogP contribution in [0.15, 0.2) is 24.3 Å². The summed E-state index contributed by atoms with van der Waals surface area (Å²) in [6.07, 6.45) is 0. The van der Waals surface area contributed by atoms with E-state index in [1.54, 1.807) is 0 Å². The van der Waals surface area contributed by atoms with E-state index in [4.69, 9.17) is 5.11 Å². The fraction of sp³-hybridized carbons (Fsp3) is 0.364. The molecule has 0 aliphatic carbocycles. The molecule has 1 rings (SSSR count). The summed E-state index contributed by atoms with van der Waals surface area (Å²) in [5, 5.41) is 21.1. The maximum absolute atomic E-state index is 10.6. The lowest BCUT2D eigenvalue weighted by Crippen LogP contribution is -2.41. The molecule has 82 valence electrons. The summed E-state index contributed by atoms with van der Waals surface area (Å²) in [4.78, 5) is 10.6. The second-order valence-electron chi connectivity index (χ2n) is 3.75. The first-order valence-electron chi connectivity index (χ1n) is 4.69. The summed E-state index contributed by atoms with van der Waals surface area (Å²) >= 11 is 0. The van der Waals surface area contributed by atoms with E-state index in [0.717, 1.165) is 11.3 Å². The highest BCUT2D eigenvalue weighted by Crippen LogP contribution is 2.14. The number of carboxylic acid groups (broad SMARTS) is 1. The zero-order chi connectivity index (χ0) is 11.5. The van der Waals surface area contributed by atoms with Gasteiger partial charge in [-0.15, -0.1) is 0 Å². The van der Waals surface area contributed by atoms with E-state index in [-0.39, 0.29) is 6.54 Å². The third kappa shape index (κ3) is 2.95. The molecule has 0 aliphatic heterocycles. The Hall–Kier alpha value is -1.55. The van der Waals surface area contributed by atoms with Gasteiger partial charge in [0.15, 0.2) is 5.60 Å². The molecule has 15 heavy (non-hydrogen) atoms. The Bertz CT molecular complexity index is 361. The molecule has 0 saturated carbocycles. The van der Waals surface area contributed by atoms with E-state index >= 15 is 0 Å². The van der Waals surface area contributed by atoms with Crippen LogP contribution in [-0.4, -0.2) is 28.3 Å². The minimum atomic E-state index is -1.75. The molecule has 0 saturated heterocycles. The van der Waals surface area contributed by atoms with Gasteiger partial charge in [0, 0.05) is 5.69 Å². The first kappa shape index (κ1) is 11.5. The van der Waals surface area contributed by atoms with Crippen molar-refractivity contribution in [2.75, 3.05) is 11.9 Å². The van der Waals surface area contributed by atoms with Crippen LogP contribution in [0.3, 0.4) is 0 Å². The fourth-order valence-corrected chi connectivity index (χ4v) is 1.11. The maximum atomic E-state index is 10.6. The van der Waals surface area contributed by atoms with Gasteiger partial charge < -0.3 is 15.5 Å². The van der Waals surface area contributed by atoms with Crippen LogP contribution in [-0.2, 0) is 4.79 Å². The first-order valence-corrected chi connectivity index (χ1v) is 4.69. The molecule has 0 aliphatic rings. The second kappa shape index (κ2) is 4.31. The molecular formula is C11H15NO3. The average molecular weight is 209 g/mol. The number of aliphatic hydroxyl groups is 1. The van der Waals surface area contributed by atoms with Crippen LogP contribution in [0, 0.1) is 6.92 Å². The molecule has 0 amide bonds. The fourth-order valence-electron chi connectivity index (χ4n) is 1.11. The van der Waals surface area contributed by atoms with Crippen molar-refractivity contribution in [1.82, 2.24) is 0 Å². The second-order valence-corrected chi connectivity index (χ2v) is 3.75. The highest BCUT2D eigenvalue weighted by Gasteiger charge is 2.29. The topological polar surface area (TPSA) is 69.6 Å². The van der Waals surface area contributed by atoms with Crippen molar-refractivity contribution in [1.29, 1.82) is 0 Å². The molecule has 0 heterocycles. The van der Waals surface area contributed by atoms with Crippen molar-refractivity contribution in [3.05, 3.63) is 29.8 Å².